The molecule has 13 heteroatoms. The normalized spacial score (nSPS) is 16.4. The molecule has 198 valence electrons. The Hall–Kier alpha value is -3.30. The predicted molar refractivity (Wildman–Crippen MR) is 147 cm³/mol. The number of rotatable bonds is 6. The van der Waals surface area contributed by atoms with Crippen molar-refractivity contribution in [2.24, 2.45) is 0 Å². The fraction of sp³-hybridized carbons (Fsp3) is 0.240. The summed E-state index contributed by atoms with van der Waals surface area (Å²) in [5.74, 6) is 1.33. The number of amides is 4. The standard InChI is InChI=1S/C25H22Cl2N4O5S2/c1-3-17(7-6-15(2)28-25(34)29-38(35,36)22-14-20(26)23(27)37-22)31-21(32)13-16-12-18(30-10-4-5-11-30)8-9-19(16)24(31)33/h1,6-9,12,14H,4-5,10-11,13H2,2H3,(H2,28,29,34)/b15-6+,17-7+. The maximum Gasteiger partial charge on any atom is 0.332 e. The molecule has 9 nitrogen and oxygen atoms in total. The van der Waals surface area contributed by atoms with E-state index in [9.17, 15) is 22.8 Å². The molecule has 2 aliphatic heterocycles. The molecular weight excluding hydrogens is 571 g/mol. The number of terminal acetylenes is 1. The van der Waals surface area contributed by atoms with E-state index in [-0.39, 0.29) is 31.4 Å². The molecule has 2 aromatic rings. The number of hydrogen-bond acceptors (Lipinski definition) is 7. The maximum absolute atomic E-state index is 13.2. The zero-order chi connectivity index (χ0) is 27.6. The van der Waals surface area contributed by atoms with E-state index >= 15 is 0 Å². The highest BCUT2D eigenvalue weighted by Crippen LogP contribution is 2.34. The first-order valence-corrected chi connectivity index (χ1v) is 14.4. The number of halogens is 2. The molecular formula is C25H22Cl2N4O5S2. The number of nitrogens with one attached hydrogen (secondary N) is 2. The predicted octanol–water partition coefficient (Wildman–Crippen LogP) is 4.29. The molecule has 1 saturated heterocycles. The fourth-order valence-electron chi connectivity index (χ4n) is 4.10. The molecule has 0 unspecified atom stereocenters. The van der Waals surface area contributed by atoms with Crippen molar-refractivity contribution < 1.29 is 22.8 Å². The van der Waals surface area contributed by atoms with Crippen LogP contribution in [-0.4, -0.2) is 44.3 Å². The van der Waals surface area contributed by atoms with Gasteiger partial charge in [-0.1, -0.05) is 29.1 Å². The Bertz CT molecular complexity index is 1510. The molecule has 2 aliphatic rings. The average Bonchev–Trinajstić information content (AvgIpc) is 3.51. The molecule has 0 atom stereocenters. The minimum atomic E-state index is -4.20. The summed E-state index contributed by atoms with van der Waals surface area (Å²) >= 11 is 12.3. The first kappa shape index (κ1) is 27.7. The summed E-state index contributed by atoms with van der Waals surface area (Å²) in [6.07, 6.45) is 10.5. The molecule has 0 radical (unpaired) electrons. The van der Waals surface area contributed by atoms with E-state index in [2.05, 4.69) is 16.1 Å². The Morgan fingerprint density at radius 3 is 2.50 bits per heavy atom. The number of hydrogen-bond donors (Lipinski definition) is 2. The molecule has 1 fully saturated rings. The second-order valence-electron chi connectivity index (χ2n) is 8.54. The Labute approximate surface area is 234 Å². The number of anilines is 1. The van der Waals surface area contributed by atoms with Crippen LogP contribution in [0.2, 0.25) is 9.36 Å². The van der Waals surface area contributed by atoms with Gasteiger partial charge in [-0.05, 0) is 61.7 Å². The number of thiophene rings is 1. The summed E-state index contributed by atoms with van der Waals surface area (Å²) in [6.45, 7) is 3.36. The van der Waals surface area contributed by atoms with Gasteiger partial charge in [0.1, 0.15) is 14.2 Å². The number of nitrogens with zero attached hydrogens (tertiary/aromatic N) is 2. The van der Waals surface area contributed by atoms with Crippen molar-refractivity contribution in [1.82, 2.24) is 14.9 Å². The topological polar surface area (TPSA) is 116 Å². The van der Waals surface area contributed by atoms with Gasteiger partial charge in [-0.3, -0.25) is 9.59 Å². The Morgan fingerprint density at radius 2 is 1.87 bits per heavy atom. The Kier molecular flexibility index (Phi) is 8.18. The number of benzene rings is 1. The van der Waals surface area contributed by atoms with E-state index in [1.54, 1.807) is 6.07 Å². The summed E-state index contributed by atoms with van der Waals surface area (Å²) in [5, 5.41) is 2.40. The van der Waals surface area contributed by atoms with E-state index in [0.29, 0.717) is 22.5 Å². The van der Waals surface area contributed by atoms with E-state index in [0.717, 1.165) is 42.6 Å². The third kappa shape index (κ3) is 5.89. The van der Waals surface area contributed by atoms with Crippen LogP contribution >= 0.6 is 34.5 Å². The lowest BCUT2D eigenvalue weighted by molar-refractivity contribution is -0.126. The molecule has 0 bridgehead atoms. The minimum absolute atomic E-state index is 0.0136. The zero-order valence-electron chi connectivity index (χ0n) is 20.1. The number of urea groups is 1. The minimum Gasteiger partial charge on any atom is -0.372 e. The van der Waals surface area contributed by atoms with Crippen molar-refractivity contribution in [1.29, 1.82) is 0 Å². The van der Waals surface area contributed by atoms with Gasteiger partial charge >= 0.3 is 6.03 Å². The SMILES string of the molecule is C#C/C(=C\C=C(/C)NC(=O)NS(=O)(=O)c1cc(Cl)c(Cl)s1)N1C(=O)Cc2cc(N3CCCC3)ccc2C1=O. The van der Waals surface area contributed by atoms with Gasteiger partial charge in [0.05, 0.1) is 11.4 Å². The highest BCUT2D eigenvalue weighted by atomic mass is 35.5. The van der Waals surface area contributed by atoms with Crippen LogP contribution in [0, 0.1) is 12.3 Å². The number of imide groups is 1. The monoisotopic (exact) mass is 592 g/mol. The Morgan fingerprint density at radius 1 is 1.16 bits per heavy atom. The fourth-order valence-corrected chi connectivity index (χ4v) is 6.88. The highest BCUT2D eigenvalue weighted by molar-refractivity contribution is 7.92. The number of fused-ring (bicyclic) bond motifs is 1. The second-order valence-corrected chi connectivity index (χ2v) is 12.5. The van der Waals surface area contributed by atoms with Gasteiger partial charge in [0, 0.05) is 30.0 Å². The summed E-state index contributed by atoms with van der Waals surface area (Å²) < 4.78 is 26.4. The van der Waals surface area contributed by atoms with E-state index in [1.165, 1.54) is 19.1 Å². The van der Waals surface area contributed by atoms with E-state index in [1.807, 2.05) is 16.9 Å². The van der Waals surface area contributed by atoms with Crippen molar-refractivity contribution in [3.63, 3.8) is 0 Å². The molecule has 3 heterocycles. The molecule has 0 aliphatic carbocycles. The molecule has 2 N–H and O–H groups in total. The summed E-state index contributed by atoms with van der Waals surface area (Å²) in [5.41, 5.74) is 2.20. The lowest BCUT2D eigenvalue weighted by Gasteiger charge is -2.28. The Balaban J connectivity index is 1.47. The van der Waals surface area contributed by atoms with Crippen molar-refractivity contribution in [3.05, 3.63) is 68.3 Å². The second kappa shape index (κ2) is 11.2. The van der Waals surface area contributed by atoms with Crippen LogP contribution in [0.4, 0.5) is 10.5 Å². The van der Waals surface area contributed by atoms with E-state index in [4.69, 9.17) is 29.6 Å². The van der Waals surface area contributed by atoms with Crippen molar-refractivity contribution in [3.8, 4) is 12.3 Å². The van der Waals surface area contributed by atoms with Crippen molar-refractivity contribution >= 4 is 68.1 Å². The van der Waals surface area contributed by atoms with Gasteiger partial charge in [0.25, 0.3) is 15.9 Å². The first-order chi connectivity index (χ1) is 18.0. The van der Waals surface area contributed by atoms with Gasteiger partial charge in [-0.15, -0.1) is 17.8 Å². The van der Waals surface area contributed by atoms with Gasteiger partial charge < -0.3 is 10.2 Å². The van der Waals surface area contributed by atoms with Crippen LogP contribution in [0.25, 0.3) is 0 Å². The van der Waals surface area contributed by atoms with Crippen LogP contribution in [0.3, 0.4) is 0 Å². The summed E-state index contributed by atoms with van der Waals surface area (Å²) in [6, 6.07) is 5.55. The van der Waals surface area contributed by atoms with Crippen LogP contribution in [0.15, 0.2) is 52.0 Å². The maximum atomic E-state index is 13.2. The van der Waals surface area contributed by atoms with Gasteiger partial charge in [-0.25, -0.2) is 22.8 Å². The van der Waals surface area contributed by atoms with Crippen LogP contribution < -0.4 is 14.9 Å². The van der Waals surface area contributed by atoms with Crippen LogP contribution in [0.5, 0.6) is 0 Å². The molecule has 38 heavy (non-hydrogen) atoms. The summed E-state index contributed by atoms with van der Waals surface area (Å²) in [4.78, 5) is 41.5. The molecule has 1 aromatic heterocycles. The van der Waals surface area contributed by atoms with Crippen molar-refractivity contribution in [2.45, 2.75) is 30.4 Å². The lowest BCUT2D eigenvalue weighted by atomic mass is 9.97. The smallest absolute Gasteiger partial charge is 0.332 e. The van der Waals surface area contributed by atoms with Crippen LogP contribution in [-0.2, 0) is 21.2 Å². The molecule has 1 aromatic carbocycles. The molecule has 4 amide bonds. The lowest BCUT2D eigenvalue weighted by Crippen LogP contribution is -2.41. The van der Waals surface area contributed by atoms with Crippen molar-refractivity contribution in [2.75, 3.05) is 18.0 Å². The largest absolute Gasteiger partial charge is 0.372 e. The number of carbonyl (C=O) groups excluding carboxylic acids is 3. The van der Waals surface area contributed by atoms with Gasteiger partial charge in [0.15, 0.2) is 0 Å². The van der Waals surface area contributed by atoms with Gasteiger partial charge in [-0.2, -0.15) is 0 Å². The van der Waals surface area contributed by atoms with Crippen LogP contribution in [0.1, 0.15) is 35.7 Å². The number of allylic oxidation sites excluding steroid dienone is 4. The van der Waals surface area contributed by atoms with Gasteiger partial charge in [0.2, 0.25) is 5.91 Å². The molecule has 0 spiro atoms. The number of sulfonamides is 1. The molecule has 4 rings (SSSR count). The summed E-state index contributed by atoms with van der Waals surface area (Å²) in [7, 11) is -4.20. The average molecular weight is 594 g/mol. The highest BCUT2D eigenvalue weighted by Gasteiger charge is 2.33. The number of carbonyl (C=O) groups is 3. The third-order valence-electron chi connectivity index (χ3n) is 5.89. The molecule has 0 saturated carbocycles. The third-order valence-corrected chi connectivity index (χ3v) is 9.56. The van der Waals surface area contributed by atoms with E-state index < -0.39 is 27.9 Å². The first-order valence-electron chi connectivity index (χ1n) is 11.4. The quantitative estimate of drug-likeness (QED) is 0.294. The zero-order valence-corrected chi connectivity index (χ0v) is 23.2.